The molecule has 0 saturated heterocycles. The Bertz CT molecular complexity index is 1270. The van der Waals surface area contributed by atoms with Gasteiger partial charge in [-0.15, -0.1) is 0 Å². The van der Waals surface area contributed by atoms with Gasteiger partial charge in [0.25, 0.3) is 5.91 Å². The Kier molecular flexibility index (Phi) is 5.57. The lowest BCUT2D eigenvalue weighted by atomic mass is 10.1. The fourth-order valence-electron chi connectivity index (χ4n) is 3.28. The molecule has 1 aromatic heterocycles. The van der Waals surface area contributed by atoms with Gasteiger partial charge in [-0.05, 0) is 73.9 Å². The van der Waals surface area contributed by atoms with Crippen LogP contribution in [0.2, 0.25) is 5.02 Å². The van der Waals surface area contributed by atoms with Gasteiger partial charge in [0, 0.05) is 16.8 Å². The van der Waals surface area contributed by atoms with Gasteiger partial charge in [0.15, 0.2) is 12.2 Å². The van der Waals surface area contributed by atoms with Gasteiger partial charge in [-0.3, -0.25) is 4.79 Å². The van der Waals surface area contributed by atoms with Crippen molar-refractivity contribution in [3.8, 4) is 23.0 Å². The lowest BCUT2D eigenvalue weighted by Gasteiger charge is -2.11. The lowest BCUT2D eigenvalue weighted by Crippen LogP contribution is -2.20. The summed E-state index contributed by atoms with van der Waals surface area (Å²) in [7, 11) is 0. The molecule has 0 aliphatic carbocycles. The van der Waals surface area contributed by atoms with Crippen molar-refractivity contribution in [3.05, 3.63) is 70.2 Å². The Morgan fingerprint density at radius 2 is 1.84 bits per heavy atom. The number of aromatic nitrogens is 1. The molecule has 2 N–H and O–H groups in total. The number of hydrogen-bond acceptors (Lipinski definition) is 5. The number of fused-ring (bicyclic) bond motifs is 1. The van der Waals surface area contributed by atoms with Crippen LogP contribution in [0.1, 0.15) is 16.7 Å². The highest BCUT2D eigenvalue weighted by Gasteiger charge is 2.14. The summed E-state index contributed by atoms with van der Waals surface area (Å²) < 4.78 is 11.3. The number of amides is 1. The SMILES string of the molecule is Cc1ccc2oc(-c3ccc(NC(=O)COc4cc(C)c(Cl)c(C)c4)cc3O)nc2c1. The maximum absolute atomic E-state index is 12.3. The lowest BCUT2D eigenvalue weighted by molar-refractivity contribution is -0.118. The zero-order valence-corrected chi connectivity index (χ0v) is 18.1. The number of halogens is 1. The molecule has 0 aliphatic rings. The molecule has 0 spiro atoms. The van der Waals surface area contributed by atoms with Crippen molar-refractivity contribution in [1.29, 1.82) is 0 Å². The van der Waals surface area contributed by atoms with E-state index in [1.54, 1.807) is 24.3 Å². The molecule has 1 heterocycles. The number of anilines is 1. The number of hydrogen-bond donors (Lipinski definition) is 2. The van der Waals surface area contributed by atoms with Crippen molar-refractivity contribution in [2.24, 2.45) is 0 Å². The van der Waals surface area contributed by atoms with Gasteiger partial charge in [-0.25, -0.2) is 4.98 Å². The molecule has 0 aliphatic heterocycles. The molecule has 6 nitrogen and oxygen atoms in total. The first-order valence-corrected chi connectivity index (χ1v) is 10.1. The number of phenols is 1. The summed E-state index contributed by atoms with van der Waals surface area (Å²) in [5, 5.41) is 13.8. The predicted molar refractivity (Wildman–Crippen MR) is 121 cm³/mol. The molecular formula is C24H21ClN2O4. The average Bonchev–Trinajstić information content (AvgIpc) is 3.13. The Morgan fingerprint density at radius 1 is 1.10 bits per heavy atom. The molecule has 4 rings (SSSR count). The van der Waals surface area contributed by atoms with Crippen LogP contribution in [0.25, 0.3) is 22.6 Å². The van der Waals surface area contributed by atoms with Gasteiger partial charge in [0.1, 0.15) is 17.0 Å². The van der Waals surface area contributed by atoms with Crippen molar-refractivity contribution in [1.82, 2.24) is 4.98 Å². The van der Waals surface area contributed by atoms with E-state index in [9.17, 15) is 9.90 Å². The topological polar surface area (TPSA) is 84.6 Å². The van der Waals surface area contributed by atoms with Crippen LogP contribution >= 0.6 is 11.6 Å². The van der Waals surface area contributed by atoms with Gasteiger partial charge in [0.05, 0.1) is 5.56 Å². The van der Waals surface area contributed by atoms with E-state index < -0.39 is 0 Å². The fourth-order valence-corrected chi connectivity index (χ4v) is 3.39. The third kappa shape index (κ3) is 4.49. The molecule has 0 bridgehead atoms. The number of carbonyl (C=O) groups excluding carboxylic acids is 1. The first-order chi connectivity index (χ1) is 14.8. The number of nitrogens with one attached hydrogen (secondary N) is 1. The molecule has 3 aromatic carbocycles. The minimum Gasteiger partial charge on any atom is -0.507 e. The summed E-state index contributed by atoms with van der Waals surface area (Å²) in [6.07, 6.45) is 0. The summed E-state index contributed by atoms with van der Waals surface area (Å²) in [6.45, 7) is 5.56. The maximum atomic E-state index is 12.3. The normalized spacial score (nSPS) is 11.0. The molecule has 158 valence electrons. The molecule has 0 saturated carbocycles. The van der Waals surface area contributed by atoms with Gasteiger partial charge in [-0.1, -0.05) is 17.7 Å². The summed E-state index contributed by atoms with van der Waals surface area (Å²) in [5.74, 6) is 0.479. The van der Waals surface area contributed by atoms with Crippen LogP contribution in [0.4, 0.5) is 5.69 Å². The van der Waals surface area contributed by atoms with Crippen LogP contribution in [-0.2, 0) is 4.79 Å². The Balaban J connectivity index is 1.44. The Labute approximate surface area is 184 Å². The summed E-state index contributed by atoms with van der Waals surface area (Å²) in [5.41, 5.74) is 5.07. The summed E-state index contributed by atoms with van der Waals surface area (Å²) >= 11 is 6.15. The quantitative estimate of drug-likeness (QED) is 0.413. The Hall–Kier alpha value is -3.51. The van der Waals surface area contributed by atoms with Crippen LogP contribution < -0.4 is 10.1 Å². The van der Waals surface area contributed by atoms with Crippen molar-refractivity contribution < 1.29 is 19.1 Å². The molecule has 1 amide bonds. The molecule has 0 fully saturated rings. The van der Waals surface area contributed by atoms with Crippen molar-refractivity contribution in [3.63, 3.8) is 0 Å². The highest BCUT2D eigenvalue weighted by molar-refractivity contribution is 6.32. The van der Waals surface area contributed by atoms with E-state index in [1.807, 2.05) is 39.0 Å². The van der Waals surface area contributed by atoms with Gasteiger partial charge < -0.3 is 19.6 Å². The second kappa shape index (κ2) is 8.32. The first kappa shape index (κ1) is 20.8. The predicted octanol–water partition coefficient (Wildman–Crippen LogP) is 5.80. The van der Waals surface area contributed by atoms with Gasteiger partial charge in [-0.2, -0.15) is 0 Å². The fraction of sp³-hybridized carbons (Fsp3) is 0.167. The molecule has 7 heteroatoms. The number of carbonyl (C=O) groups is 1. The molecule has 0 unspecified atom stereocenters. The number of nitrogens with zero attached hydrogens (tertiary/aromatic N) is 1. The minimum absolute atomic E-state index is 0.0500. The van der Waals surface area contributed by atoms with Crippen LogP contribution in [0.5, 0.6) is 11.5 Å². The van der Waals surface area contributed by atoms with Crippen LogP contribution in [-0.4, -0.2) is 22.6 Å². The van der Waals surface area contributed by atoms with Crippen LogP contribution in [0.15, 0.2) is 52.9 Å². The van der Waals surface area contributed by atoms with Gasteiger partial charge in [0.2, 0.25) is 5.89 Å². The average molecular weight is 437 g/mol. The number of phenolic OH excluding ortho intramolecular Hbond substituents is 1. The van der Waals surface area contributed by atoms with E-state index in [0.29, 0.717) is 33.5 Å². The van der Waals surface area contributed by atoms with E-state index in [-0.39, 0.29) is 18.3 Å². The molecular weight excluding hydrogens is 416 g/mol. The smallest absolute Gasteiger partial charge is 0.262 e. The van der Waals surface area contributed by atoms with Crippen molar-refractivity contribution >= 4 is 34.3 Å². The number of benzene rings is 3. The third-order valence-electron chi connectivity index (χ3n) is 4.83. The molecule has 0 atom stereocenters. The molecule has 31 heavy (non-hydrogen) atoms. The zero-order valence-electron chi connectivity index (χ0n) is 17.3. The second-order valence-corrected chi connectivity index (χ2v) is 7.81. The number of rotatable bonds is 5. The standard InChI is InChI=1S/C24H21ClN2O4/c1-13-4-7-21-19(8-13)27-24(31-21)18-6-5-16(11-20(18)28)26-22(29)12-30-17-9-14(2)23(25)15(3)10-17/h4-11,28H,12H2,1-3H3,(H,26,29). The minimum atomic E-state index is -0.352. The molecule has 4 aromatic rings. The Morgan fingerprint density at radius 3 is 2.55 bits per heavy atom. The van der Waals surface area contributed by atoms with E-state index in [0.717, 1.165) is 22.2 Å². The zero-order chi connectivity index (χ0) is 22.1. The van der Waals surface area contributed by atoms with E-state index in [1.165, 1.54) is 6.07 Å². The monoisotopic (exact) mass is 436 g/mol. The van der Waals surface area contributed by atoms with Crippen LogP contribution in [0, 0.1) is 20.8 Å². The van der Waals surface area contributed by atoms with Crippen molar-refractivity contribution in [2.45, 2.75) is 20.8 Å². The van der Waals surface area contributed by atoms with Crippen LogP contribution in [0.3, 0.4) is 0 Å². The number of aryl methyl sites for hydroxylation is 3. The second-order valence-electron chi connectivity index (χ2n) is 7.43. The van der Waals surface area contributed by atoms with E-state index >= 15 is 0 Å². The third-order valence-corrected chi connectivity index (χ3v) is 5.43. The summed E-state index contributed by atoms with van der Waals surface area (Å²) in [4.78, 5) is 16.7. The number of aromatic hydroxyl groups is 1. The van der Waals surface area contributed by atoms with E-state index in [4.69, 9.17) is 20.8 Å². The molecule has 0 radical (unpaired) electrons. The number of oxazole rings is 1. The highest BCUT2D eigenvalue weighted by Crippen LogP contribution is 2.33. The summed E-state index contributed by atoms with van der Waals surface area (Å²) in [6, 6.07) is 14.0. The van der Waals surface area contributed by atoms with E-state index in [2.05, 4.69) is 10.3 Å². The largest absolute Gasteiger partial charge is 0.507 e. The van der Waals surface area contributed by atoms with Crippen molar-refractivity contribution in [2.75, 3.05) is 11.9 Å². The maximum Gasteiger partial charge on any atom is 0.262 e. The first-order valence-electron chi connectivity index (χ1n) is 9.70. The van der Waals surface area contributed by atoms with Gasteiger partial charge >= 0.3 is 0 Å². The highest BCUT2D eigenvalue weighted by atomic mass is 35.5. The number of ether oxygens (including phenoxy) is 1.